The zero-order chi connectivity index (χ0) is 13.9. The fourth-order valence-corrected chi connectivity index (χ4v) is 2.77. The summed E-state index contributed by atoms with van der Waals surface area (Å²) in [5.41, 5.74) is 1.03. The Kier molecular flexibility index (Phi) is 3.39. The Labute approximate surface area is 119 Å². The molecule has 3 rings (SSSR count). The fraction of sp³-hybridized carbons (Fsp3) is 0.143. The van der Waals surface area contributed by atoms with Crippen LogP contribution in [-0.2, 0) is 6.54 Å². The molecule has 102 valence electrons. The minimum Gasteiger partial charge on any atom is -0.497 e. The van der Waals surface area contributed by atoms with Crippen molar-refractivity contribution in [2.75, 3.05) is 7.11 Å². The number of nitrogens with zero attached hydrogens (tertiary/aromatic N) is 1. The van der Waals surface area contributed by atoms with Crippen molar-refractivity contribution in [1.29, 1.82) is 0 Å². The highest BCUT2D eigenvalue weighted by molar-refractivity contribution is 7.20. The van der Waals surface area contributed by atoms with Gasteiger partial charge in [0.25, 0.3) is 5.91 Å². The number of aromatic amines is 1. The molecule has 1 amide bonds. The molecule has 2 heterocycles. The number of carbonyl (C=O) groups is 1. The van der Waals surface area contributed by atoms with Gasteiger partial charge < -0.3 is 10.1 Å². The molecular formula is C14H13N3O2S. The van der Waals surface area contributed by atoms with Gasteiger partial charge in [-0.25, -0.2) is 0 Å². The van der Waals surface area contributed by atoms with E-state index in [-0.39, 0.29) is 5.91 Å². The molecule has 1 aromatic carbocycles. The van der Waals surface area contributed by atoms with Crippen molar-refractivity contribution >= 4 is 27.5 Å². The lowest BCUT2D eigenvalue weighted by Gasteiger charge is -2.05. The third kappa shape index (κ3) is 2.50. The highest BCUT2D eigenvalue weighted by Crippen LogP contribution is 2.23. The van der Waals surface area contributed by atoms with E-state index in [0.29, 0.717) is 11.4 Å². The number of fused-ring (bicyclic) bond motifs is 1. The first-order chi connectivity index (χ1) is 9.76. The summed E-state index contributed by atoms with van der Waals surface area (Å²) in [5, 5.41) is 10.6. The van der Waals surface area contributed by atoms with Gasteiger partial charge in [-0.05, 0) is 23.8 Å². The van der Waals surface area contributed by atoms with E-state index >= 15 is 0 Å². The van der Waals surface area contributed by atoms with Crippen molar-refractivity contribution in [2.24, 2.45) is 0 Å². The highest BCUT2D eigenvalue weighted by atomic mass is 32.1. The van der Waals surface area contributed by atoms with Crippen LogP contribution in [-0.4, -0.2) is 23.2 Å². The van der Waals surface area contributed by atoms with E-state index in [4.69, 9.17) is 4.74 Å². The number of amides is 1. The standard InChI is InChI=1S/C14H13N3O2S/c1-19-11-4-2-9(3-5-11)7-15-13(18)12-6-10-8-16-17-14(10)20-12/h2-6,8H,7H2,1H3,(H,15,18)(H,16,17). The summed E-state index contributed by atoms with van der Waals surface area (Å²) < 4.78 is 5.09. The molecule has 6 heteroatoms. The lowest BCUT2D eigenvalue weighted by atomic mass is 10.2. The van der Waals surface area contributed by atoms with Gasteiger partial charge in [0.2, 0.25) is 0 Å². The molecule has 0 atom stereocenters. The minimum absolute atomic E-state index is 0.0737. The molecule has 0 aliphatic rings. The number of benzene rings is 1. The maximum Gasteiger partial charge on any atom is 0.261 e. The monoisotopic (exact) mass is 287 g/mol. The molecule has 2 N–H and O–H groups in total. The third-order valence-corrected chi connectivity index (χ3v) is 4.02. The quantitative estimate of drug-likeness (QED) is 0.775. The van der Waals surface area contributed by atoms with Crippen LogP contribution in [0.5, 0.6) is 5.75 Å². The van der Waals surface area contributed by atoms with Gasteiger partial charge >= 0.3 is 0 Å². The molecule has 0 aliphatic carbocycles. The number of hydrogen-bond donors (Lipinski definition) is 2. The molecule has 0 aliphatic heterocycles. The molecule has 0 radical (unpaired) electrons. The number of nitrogens with one attached hydrogen (secondary N) is 2. The van der Waals surface area contributed by atoms with Crippen LogP contribution in [0.25, 0.3) is 10.2 Å². The molecule has 0 bridgehead atoms. The van der Waals surface area contributed by atoms with Gasteiger partial charge in [0.15, 0.2) is 0 Å². The Morgan fingerprint density at radius 3 is 2.90 bits per heavy atom. The van der Waals surface area contributed by atoms with E-state index in [1.54, 1.807) is 13.3 Å². The lowest BCUT2D eigenvalue weighted by molar-refractivity contribution is 0.0955. The molecule has 0 saturated heterocycles. The first kappa shape index (κ1) is 12.7. The van der Waals surface area contributed by atoms with E-state index < -0.39 is 0 Å². The number of methoxy groups -OCH3 is 1. The summed E-state index contributed by atoms with van der Waals surface area (Å²) >= 11 is 1.40. The van der Waals surface area contributed by atoms with Gasteiger partial charge in [0.05, 0.1) is 18.2 Å². The second-order valence-corrected chi connectivity index (χ2v) is 5.35. The van der Waals surface area contributed by atoms with Crippen LogP contribution in [0.4, 0.5) is 0 Å². The van der Waals surface area contributed by atoms with Crippen molar-refractivity contribution in [3.05, 3.63) is 47.0 Å². The van der Waals surface area contributed by atoms with Crippen LogP contribution in [0.2, 0.25) is 0 Å². The zero-order valence-corrected chi connectivity index (χ0v) is 11.7. The Hall–Kier alpha value is -2.34. The predicted molar refractivity (Wildman–Crippen MR) is 78.1 cm³/mol. The number of carbonyl (C=O) groups excluding carboxylic acids is 1. The van der Waals surface area contributed by atoms with Gasteiger partial charge in [-0.3, -0.25) is 9.89 Å². The van der Waals surface area contributed by atoms with Crippen molar-refractivity contribution in [3.63, 3.8) is 0 Å². The van der Waals surface area contributed by atoms with Crippen molar-refractivity contribution in [1.82, 2.24) is 15.5 Å². The topological polar surface area (TPSA) is 67.0 Å². The molecule has 5 nitrogen and oxygen atoms in total. The van der Waals surface area contributed by atoms with Crippen molar-refractivity contribution in [3.8, 4) is 5.75 Å². The molecular weight excluding hydrogens is 274 g/mol. The first-order valence-electron chi connectivity index (χ1n) is 6.10. The molecule has 0 unspecified atom stereocenters. The van der Waals surface area contributed by atoms with Crippen molar-refractivity contribution in [2.45, 2.75) is 6.54 Å². The van der Waals surface area contributed by atoms with Crippen LogP contribution in [0, 0.1) is 0 Å². The van der Waals surface area contributed by atoms with E-state index in [9.17, 15) is 4.79 Å². The summed E-state index contributed by atoms with van der Waals surface area (Å²) in [6.07, 6.45) is 1.71. The Balaban J connectivity index is 1.65. The van der Waals surface area contributed by atoms with E-state index in [2.05, 4.69) is 15.5 Å². The maximum atomic E-state index is 12.0. The summed E-state index contributed by atoms with van der Waals surface area (Å²) in [5.74, 6) is 0.732. The van der Waals surface area contributed by atoms with Gasteiger partial charge in [0.1, 0.15) is 10.6 Å². The van der Waals surface area contributed by atoms with E-state index in [1.807, 2.05) is 30.3 Å². The van der Waals surface area contributed by atoms with Crippen LogP contribution in [0.15, 0.2) is 36.5 Å². The number of H-pyrrole nitrogens is 1. The van der Waals surface area contributed by atoms with Crippen molar-refractivity contribution < 1.29 is 9.53 Å². The maximum absolute atomic E-state index is 12.0. The Morgan fingerprint density at radius 1 is 1.40 bits per heavy atom. The summed E-state index contributed by atoms with van der Waals surface area (Å²) in [4.78, 5) is 13.6. The number of ether oxygens (including phenoxy) is 1. The average molecular weight is 287 g/mol. The number of rotatable bonds is 4. The second-order valence-electron chi connectivity index (χ2n) is 4.30. The lowest BCUT2D eigenvalue weighted by Crippen LogP contribution is -2.21. The molecule has 0 fully saturated rings. The molecule has 0 spiro atoms. The smallest absolute Gasteiger partial charge is 0.261 e. The predicted octanol–water partition coefficient (Wildman–Crippen LogP) is 2.56. The van der Waals surface area contributed by atoms with Gasteiger partial charge in [0, 0.05) is 11.9 Å². The van der Waals surface area contributed by atoms with Crippen LogP contribution >= 0.6 is 11.3 Å². The van der Waals surface area contributed by atoms with Crippen LogP contribution in [0.3, 0.4) is 0 Å². The number of hydrogen-bond acceptors (Lipinski definition) is 4. The number of aromatic nitrogens is 2. The normalized spacial score (nSPS) is 10.7. The van der Waals surface area contributed by atoms with Gasteiger partial charge in [-0.1, -0.05) is 12.1 Å². The summed E-state index contributed by atoms with van der Waals surface area (Å²) in [7, 11) is 1.63. The van der Waals surface area contributed by atoms with Crippen LogP contribution in [0.1, 0.15) is 15.2 Å². The Bertz CT molecular complexity index is 702. The summed E-state index contributed by atoms with van der Waals surface area (Å²) in [6.45, 7) is 0.493. The summed E-state index contributed by atoms with van der Waals surface area (Å²) in [6, 6.07) is 9.46. The SMILES string of the molecule is COc1ccc(CNC(=O)c2cc3cn[nH]c3s2)cc1. The minimum atomic E-state index is -0.0737. The van der Waals surface area contributed by atoms with Crippen LogP contribution < -0.4 is 10.1 Å². The van der Waals surface area contributed by atoms with E-state index in [1.165, 1.54) is 11.3 Å². The third-order valence-electron chi connectivity index (χ3n) is 2.97. The van der Waals surface area contributed by atoms with Gasteiger partial charge in [-0.15, -0.1) is 11.3 Å². The average Bonchev–Trinajstić information content (AvgIpc) is 3.06. The largest absolute Gasteiger partial charge is 0.497 e. The molecule has 2 aromatic heterocycles. The molecule has 20 heavy (non-hydrogen) atoms. The van der Waals surface area contributed by atoms with E-state index in [0.717, 1.165) is 21.5 Å². The van der Waals surface area contributed by atoms with Gasteiger partial charge in [-0.2, -0.15) is 5.10 Å². The fourth-order valence-electron chi connectivity index (χ4n) is 1.87. The molecule has 3 aromatic rings. The molecule has 0 saturated carbocycles. The second kappa shape index (κ2) is 5.34. The number of thiophene rings is 1. The Morgan fingerprint density at radius 2 is 2.20 bits per heavy atom. The first-order valence-corrected chi connectivity index (χ1v) is 6.92. The zero-order valence-electron chi connectivity index (χ0n) is 10.8. The highest BCUT2D eigenvalue weighted by Gasteiger charge is 2.10.